The molecule has 0 saturated heterocycles. The Bertz CT molecular complexity index is 1230. The molecule has 0 aromatic heterocycles. The van der Waals surface area contributed by atoms with E-state index in [-0.39, 0.29) is 24.8 Å². The van der Waals surface area contributed by atoms with E-state index < -0.39 is 17.4 Å². The van der Waals surface area contributed by atoms with Gasteiger partial charge in [0.15, 0.2) is 0 Å². The first-order valence-electron chi connectivity index (χ1n) is 13.5. The Kier molecular flexibility index (Phi) is 8.34. The van der Waals surface area contributed by atoms with Crippen LogP contribution in [0, 0.1) is 0 Å². The predicted molar refractivity (Wildman–Crippen MR) is 162 cm³/mol. The molecule has 0 aliphatic heterocycles. The summed E-state index contributed by atoms with van der Waals surface area (Å²) in [4.78, 5) is 0. The minimum absolute atomic E-state index is 0. The quantitative estimate of drug-likeness (QED) is 0.301. The van der Waals surface area contributed by atoms with E-state index in [0.717, 1.165) is 0 Å². The van der Waals surface area contributed by atoms with Crippen molar-refractivity contribution in [3.8, 4) is 0 Å². The molecule has 0 bridgehead atoms. The molecule has 4 heteroatoms. The van der Waals surface area contributed by atoms with Crippen molar-refractivity contribution in [2.45, 2.75) is 67.9 Å². The second kappa shape index (κ2) is 10.7. The molecule has 0 saturated carbocycles. The van der Waals surface area contributed by atoms with E-state index in [4.69, 9.17) is 0 Å². The first-order valence-corrected chi connectivity index (χ1v) is 27.2. The van der Waals surface area contributed by atoms with Gasteiger partial charge in [-0.15, -0.1) is 24.8 Å². The van der Waals surface area contributed by atoms with Crippen LogP contribution in [0.1, 0.15) is 62.5 Å². The van der Waals surface area contributed by atoms with Gasteiger partial charge in [-0.1, -0.05) is 0 Å². The number of benzene rings is 2. The van der Waals surface area contributed by atoms with Gasteiger partial charge in [0, 0.05) is 0 Å². The van der Waals surface area contributed by atoms with Gasteiger partial charge in [-0.3, -0.25) is 0 Å². The summed E-state index contributed by atoms with van der Waals surface area (Å²) in [5, 5.41) is 0. The van der Waals surface area contributed by atoms with Crippen molar-refractivity contribution in [2.24, 2.45) is 0 Å². The van der Waals surface area contributed by atoms with Gasteiger partial charge in [0.05, 0.1) is 0 Å². The van der Waals surface area contributed by atoms with Crippen LogP contribution in [-0.2, 0) is 17.4 Å². The SMILES string of the molecule is Cl.Cl.[CH3][Zr]([CH3])(=[SiH2])([CH]1C(c2ccccc2)=CC2=C1CCCC2)[CH]1C(c2ccccc2)=CC2=C1CCCC2. The van der Waals surface area contributed by atoms with Gasteiger partial charge < -0.3 is 0 Å². The first kappa shape index (κ1) is 28.1. The van der Waals surface area contributed by atoms with Gasteiger partial charge in [-0.25, -0.2) is 0 Å². The average Bonchev–Trinajstić information content (AvgIpc) is 3.46. The summed E-state index contributed by atoms with van der Waals surface area (Å²) in [6.07, 6.45) is 16.0. The monoisotopic (exact) mass is 612 g/mol. The Morgan fingerprint density at radius 1 is 0.583 bits per heavy atom. The third kappa shape index (κ3) is 4.70. The van der Waals surface area contributed by atoms with E-state index in [1.165, 1.54) is 62.5 Å². The maximum atomic E-state index is 2.83. The van der Waals surface area contributed by atoms with Crippen LogP contribution in [0.4, 0.5) is 0 Å². The fourth-order valence-electron chi connectivity index (χ4n) is 7.90. The molecular formula is C32H40Cl2SiZr. The Balaban J connectivity index is 0.00000152. The van der Waals surface area contributed by atoms with Crippen LogP contribution in [-0.4, -0.2) is 6.88 Å². The van der Waals surface area contributed by atoms with E-state index in [0.29, 0.717) is 7.25 Å². The van der Waals surface area contributed by atoms with Crippen molar-refractivity contribution in [1.29, 1.82) is 0 Å². The minimum atomic E-state index is -3.46. The van der Waals surface area contributed by atoms with Gasteiger partial charge >= 0.3 is 210 Å². The molecule has 2 aromatic carbocycles. The number of hydrogen-bond donors (Lipinski definition) is 0. The molecule has 2 aromatic rings. The molecule has 0 nitrogen and oxygen atoms in total. The zero-order chi connectivity index (χ0) is 23.4. The molecular weight excluding hydrogens is 575 g/mol. The summed E-state index contributed by atoms with van der Waals surface area (Å²) in [6.45, 7) is 2.53. The Labute approximate surface area is 232 Å². The molecule has 6 rings (SSSR count). The molecule has 0 fully saturated rings. The maximum absolute atomic E-state index is 3.46. The molecule has 4 aliphatic carbocycles. The number of halogens is 2. The molecule has 2 unspecified atom stereocenters. The van der Waals surface area contributed by atoms with Crippen LogP contribution >= 0.6 is 24.8 Å². The number of rotatable bonds is 4. The summed E-state index contributed by atoms with van der Waals surface area (Å²) in [7, 11) is 0. The Hall–Kier alpha value is -0.920. The fraction of sp³-hybridized carbons (Fsp3) is 0.375. The summed E-state index contributed by atoms with van der Waals surface area (Å²) < 4.78 is 7.00. The standard InChI is InChI=1S/2C15H15.2CH3.2ClH.H2Si.Zr/c2*1-2-6-12(7-3-1)15-10-13-8-4-5-9-14(13)11-15;;;;;;/h2*1-3,6-7,10-11H,4-5,8-9H2;2*1H3;2*1H;1H2;. The number of hydrogen-bond acceptors (Lipinski definition) is 0. The van der Waals surface area contributed by atoms with Gasteiger partial charge in [0.2, 0.25) is 0 Å². The predicted octanol–water partition coefficient (Wildman–Crippen LogP) is 9.68. The molecule has 0 heterocycles. The van der Waals surface area contributed by atoms with Crippen molar-refractivity contribution < 1.29 is 17.4 Å². The van der Waals surface area contributed by atoms with Gasteiger partial charge in [-0.05, 0) is 0 Å². The summed E-state index contributed by atoms with van der Waals surface area (Å²) in [5.74, 6) is 0. The zero-order valence-corrected chi connectivity index (χ0v) is 27.3. The van der Waals surface area contributed by atoms with E-state index in [1.807, 2.05) is 11.1 Å². The van der Waals surface area contributed by atoms with Crippen LogP contribution in [0.3, 0.4) is 0 Å². The molecule has 36 heavy (non-hydrogen) atoms. The van der Waals surface area contributed by atoms with E-state index in [1.54, 1.807) is 22.3 Å². The third-order valence-corrected chi connectivity index (χ3v) is 26.6. The third-order valence-electron chi connectivity index (χ3n) is 9.20. The van der Waals surface area contributed by atoms with Crippen LogP contribution in [0.5, 0.6) is 0 Å². The second-order valence-corrected chi connectivity index (χ2v) is 42.7. The molecule has 2 atom stereocenters. The molecule has 190 valence electrons. The fourth-order valence-corrected chi connectivity index (χ4v) is 27.7. The average molecular weight is 615 g/mol. The van der Waals surface area contributed by atoms with Crippen molar-refractivity contribution in [3.05, 3.63) is 106 Å². The van der Waals surface area contributed by atoms with Crippen LogP contribution in [0.2, 0.25) is 16.5 Å². The van der Waals surface area contributed by atoms with Gasteiger partial charge in [0.1, 0.15) is 0 Å². The second-order valence-electron chi connectivity index (χ2n) is 12.2. The van der Waals surface area contributed by atoms with Gasteiger partial charge in [0.25, 0.3) is 0 Å². The topological polar surface area (TPSA) is 0 Å². The summed E-state index contributed by atoms with van der Waals surface area (Å²) in [5.41, 5.74) is 13.4. The van der Waals surface area contributed by atoms with Gasteiger partial charge in [-0.2, -0.15) is 0 Å². The van der Waals surface area contributed by atoms with E-state index in [9.17, 15) is 0 Å². The molecule has 0 amide bonds. The summed E-state index contributed by atoms with van der Waals surface area (Å²) >= 11 is -3.46. The van der Waals surface area contributed by atoms with Crippen molar-refractivity contribution in [2.75, 3.05) is 0 Å². The normalized spacial score (nSPS) is 23.8. The summed E-state index contributed by atoms with van der Waals surface area (Å²) in [6, 6.07) is 22.8. The van der Waals surface area contributed by atoms with Crippen LogP contribution in [0.25, 0.3) is 11.1 Å². The Morgan fingerprint density at radius 3 is 1.33 bits per heavy atom. The molecule has 0 spiro atoms. The molecule has 0 N–H and O–H groups in total. The van der Waals surface area contributed by atoms with Crippen LogP contribution < -0.4 is 0 Å². The zero-order valence-electron chi connectivity index (χ0n) is 21.8. The van der Waals surface area contributed by atoms with Crippen molar-refractivity contribution in [3.63, 3.8) is 0 Å². The van der Waals surface area contributed by atoms with E-state index in [2.05, 4.69) is 89.0 Å². The Morgan fingerprint density at radius 2 is 0.944 bits per heavy atom. The molecule has 4 aliphatic rings. The van der Waals surface area contributed by atoms with Crippen molar-refractivity contribution in [1.82, 2.24) is 0 Å². The molecule has 0 radical (unpaired) electrons. The van der Waals surface area contributed by atoms with Crippen molar-refractivity contribution >= 4 is 42.8 Å². The first-order chi connectivity index (χ1) is 16.4. The van der Waals surface area contributed by atoms with Crippen LogP contribution in [0.15, 0.2) is 95.1 Å². The van der Waals surface area contributed by atoms with E-state index >= 15 is 0 Å². The number of allylic oxidation sites excluding steroid dienone is 8.